The first-order valence-electron chi connectivity index (χ1n) is 5.32. The Balaban J connectivity index is 2.07. The topological polar surface area (TPSA) is 91.3 Å². The second-order valence-corrected chi connectivity index (χ2v) is 4.77. The van der Waals surface area contributed by atoms with Crippen molar-refractivity contribution >= 4 is 23.3 Å². The predicted octanol–water partition coefficient (Wildman–Crippen LogP) is 1.84. The van der Waals surface area contributed by atoms with E-state index in [0.717, 1.165) is 19.4 Å². The minimum absolute atomic E-state index is 0.00203. The Bertz CT molecular complexity index is 421. The number of ether oxygens (including phenoxy) is 1. The van der Waals surface area contributed by atoms with Gasteiger partial charge in [-0.25, -0.2) is 4.98 Å². The van der Waals surface area contributed by atoms with E-state index in [1.165, 1.54) is 23.9 Å². The predicted molar refractivity (Wildman–Crippen MR) is 65.0 cm³/mol. The summed E-state index contributed by atoms with van der Waals surface area (Å²) in [7, 11) is 0. The summed E-state index contributed by atoms with van der Waals surface area (Å²) in [6, 6.07) is 2.83. The zero-order valence-corrected chi connectivity index (χ0v) is 9.98. The minimum Gasteiger partial charge on any atom is -0.384 e. The van der Waals surface area contributed by atoms with E-state index in [1.54, 1.807) is 0 Å². The van der Waals surface area contributed by atoms with Gasteiger partial charge in [0, 0.05) is 18.4 Å². The highest BCUT2D eigenvalue weighted by Crippen LogP contribution is 2.30. The van der Waals surface area contributed by atoms with E-state index in [9.17, 15) is 10.1 Å². The van der Waals surface area contributed by atoms with Crippen LogP contribution >= 0.6 is 11.8 Å². The van der Waals surface area contributed by atoms with Gasteiger partial charge in [-0.05, 0) is 18.9 Å². The van der Waals surface area contributed by atoms with Gasteiger partial charge in [-0.15, -0.1) is 0 Å². The van der Waals surface area contributed by atoms with Crippen molar-refractivity contribution in [3.8, 4) is 0 Å². The van der Waals surface area contributed by atoms with Crippen LogP contribution in [0.15, 0.2) is 17.2 Å². The second kappa shape index (κ2) is 5.33. The fourth-order valence-corrected chi connectivity index (χ4v) is 2.71. The van der Waals surface area contributed by atoms with Crippen LogP contribution in [0.3, 0.4) is 0 Å². The molecule has 0 spiro atoms. The number of pyridine rings is 1. The second-order valence-electron chi connectivity index (χ2n) is 3.76. The molecule has 0 bridgehead atoms. The molecule has 0 radical (unpaired) electrons. The first-order valence-corrected chi connectivity index (χ1v) is 6.30. The van der Waals surface area contributed by atoms with E-state index < -0.39 is 4.92 Å². The Morgan fingerprint density at radius 2 is 2.47 bits per heavy atom. The van der Waals surface area contributed by atoms with Gasteiger partial charge in [0.1, 0.15) is 5.82 Å². The SMILES string of the molecule is Nc1ccc([N+](=O)[O-])c(SCC2CCCO2)n1. The summed E-state index contributed by atoms with van der Waals surface area (Å²) in [5, 5.41) is 11.2. The van der Waals surface area contributed by atoms with Crippen LogP contribution in [0.1, 0.15) is 12.8 Å². The molecule has 7 heteroatoms. The number of nitrogens with zero attached hydrogens (tertiary/aromatic N) is 2. The van der Waals surface area contributed by atoms with E-state index >= 15 is 0 Å². The van der Waals surface area contributed by atoms with Crippen LogP contribution in [0.2, 0.25) is 0 Å². The first-order chi connectivity index (χ1) is 8.16. The molecule has 92 valence electrons. The molecule has 6 nitrogen and oxygen atoms in total. The molecule has 1 aromatic heterocycles. The lowest BCUT2D eigenvalue weighted by Gasteiger charge is -2.08. The van der Waals surface area contributed by atoms with E-state index in [4.69, 9.17) is 10.5 Å². The van der Waals surface area contributed by atoms with Crippen molar-refractivity contribution < 1.29 is 9.66 Å². The average molecular weight is 255 g/mol. The van der Waals surface area contributed by atoms with Gasteiger partial charge < -0.3 is 10.5 Å². The molecule has 1 aliphatic rings. The molecule has 0 aromatic carbocycles. The van der Waals surface area contributed by atoms with E-state index in [-0.39, 0.29) is 11.8 Å². The standard InChI is InChI=1S/C10H13N3O3S/c11-9-4-3-8(13(14)15)10(12-9)17-6-7-2-1-5-16-7/h3-4,7H,1-2,5-6H2,(H2,11,12). The van der Waals surface area contributed by atoms with Crippen molar-refractivity contribution in [1.82, 2.24) is 4.98 Å². The summed E-state index contributed by atoms with van der Waals surface area (Å²) in [5.41, 5.74) is 5.54. The first kappa shape index (κ1) is 12.1. The molecule has 0 aliphatic carbocycles. The summed E-state index contributed by atoms with van der Waals surface area (Å²) in [4.78, 5) is 14.4. The smallest absolute Gasteiger partial charge is 0.301 e. The molecule has 1 unspecified atom stereocenters. The summed E-state index contributed by atoms with van der Waals surface area (Å²) >= 11 is 1.33. The van der Waals surface area contributed by atoms with Crippen molar-refractivity contribution in [3.05, 3.63) is 22.2 Å². The third-order valence-electron chi connectivity index (χ3n) is 2.49. The maximum Gasteiger partial charge on any atom is 0.301 e. The Labute approximate surface area is 103 Å². The molecule has 0 amide bonds. The summed E-state index contributed by atoms with van der Waals surface area (Å²) in [6.07, 6.45) is 2.23. The number of thioether (sulfide) groups is 1. The van der Waals surface area contributed by atoms with Crippen molar-refractivity contribution in [2.24, 2.45) is 0 Å². The van der Waals surface area contributed by atoms with Crippen molar-refractivity contribution in [2.75, 3.05) is 18.1 Å². The van der Waals surface area contributed by atoms with Crippen LogP contribution in [-0.4, -0.2) is 28.4 Å². The van der Waals surface area contributed by atoms with Gasteiger partial charge in [-0.2, -0.15) is 0 Å². The molecule has 1 fully saturated rings. The van der Waals surface area contributed by atoms with E-state index in [0.29, 0.717) is 16.6 Å². The highest BCUT2D eigenvalue weighted by Gasteiger charge is 2.20. The Kier molecular flexibility index (Phi) is 3.80. The third-order valence-corrected chi connectivity index (χ3v) is 3.60. The van der Waals surface area contributed by atoms with Gasteiger partial charge >= 0.3 is 5.69 Å². The quantitative estimate of drug-likeness (QED) is 0.501. The lowest BCUT2D eigenvalue weighted by molar-refractivity contribution is -0.388. The zero-order valence-electron chi connectivity index (χ0n) is 9.17. The monoisotopic (exact) mass is 255 g/mol. The van der Waals surface area contributed by atoms with Crippen LogP contribution in [0.4, 0.5) is 11.5 Å². The highest BCUT2D eigenvalue weighted by molar-refractivity contribution is 7.99. The molecule has 2 rings (SSSR count). The summed E-state index contributed by atoms with van der Waals surface area (Å²) in [5.74, 6) is 0.975. The van der Waals surface area contributed by atoms with Crippen LogP contribution in [0.25, 0.3) is 0 Å². The largest absolute Gasteiger partial charge is 0.384 e. The number of nitro groups is 1. The molecule has 1 saturated heterocycles. The summed E-state index contributed by atoms with van der Waals surface area (Å²) in [6.45, 7) is 0.775. The fourth-order valence-electron chi connectivity index (χ4n) is 1.64. The Morgan fingerprint density at radius 1 is 1.65 bits per heavy atom. The molecule has 2 heterocycles. The number of hydrogen-bond donors (Lipinski definition) is 1. The molecule has 2 N–H and O–H groups in total. The maximum absolute atomic E-state index is 10.8. The highest BCUT2D eigenvalue weighted by atomic mass is 32.2. The van der Waals surface area contributed by atoms with Gasteiger partial charge in [0.15, 0.2) is 5.03 Å². The molecular formula is C10H13N3O3S. The van der Waals surface area contributed by atoms with Gasteiger partial charge in [0.2, 0.25) is 0 Å². The lowest BCUT2D eigenvalue weighted by atomic mass is 10.3. The van der Waals surface area contributed by atoms with Gasteiger partial charge in [0.05, 0.1) is 11.0 Å². The zero-order chi connectivity index (χ0) is 12.3. The Morgan fingerprint density at radius 3 is 3.12 bits per heavy atom. The number of nitrogens with two attached hydrogens (primary N) is 1. The van der Waals surface area contributed by atoms with E-state index in [2.05, 4.69) is 4.98 Å². The molecular weight excluding hydrogens is 242 g/mol. The number of nitrogen functional groups attached to an aromatic ring is 1. The van der Waals surface area contributed by atoms with Crippen LogP contribution in [0.5, 0.6) is 0 Å². The van der Waals surface area contributed by atoms with Crippen molar-refractivity contribution in [2.45, 2.75) is 24.0 Å². The number of rotatable bonds is 4. The van der Waals surface area contributed by atoms with Gasteiger partial charge in [-0.3, -0.25) is 10.1 Å². The number of aromatic nitrogens is 1. The maximum atomic E-state index is 10.8. The van der Waals surface area contributed by atoms with Crippen LogP contribution in [0, 0.1) is 10.1 Å². The summed E-state index contributed by atoms with van der Waals surface area (Å²) < 4.78 is 5.46. The van der Waals surface area contributed by atoms with Gasteiger partial charge in [0.25, 0.3) is 0 Å². The van der Waals surface area contributed by atoms with Crippen molar-refractivity contribution in [1.29, 1.82) is 0 Å². The fraction of sp³-hybridized carbons (Fsp3) is 0.500. The number of hydrogen-bond acceptors (Lipinski definition) is 6. The Hall–Kier alpha value is -1.34. The molecule has 0 saturated carbocycles. The molecule has 17 heavy (non-hydrogen) atoms. The van der Waals surface area contributed by atoms with Crippen LogP contribution in [-0.2, 0) is 4.74 Å². The molecule has 1 aliphatic heterocycles. The van der Waals surface area contributed by atoms with Gasteiger partial charge in [-0.1, -0.05) is 11.8 Å². The minimum atomic E-state index is -0.440. The molecule has 1 aromatic rings. The van der Waals surface area contributed by atoms with Crippen molar-refractivity contribution in [3.63, 3.8) is 0 Å². The average Bonchev–Trinajstić information content (AvgIpc) is 2.78. The normalized spacial score (nSPS) is 19.4. The number of anilines is 1. The third kappa shape index (κ3) is 3.07. The molecule has 1 atom stereocenters. The van der Waals surface area contributed by atoms with Crippen LogP contribution < -0.4 is 5.73 Å². The lowest BCUT2D eigenvalue weighted by Crippen LogP contribution is -2.08. The van der Waals surface area contributed by atoms with E-state index in [1.807, 2.05) is 0 Å².